The molecule has 0 saturated carbocycles. The Bertz CT molecular complexity index is 1530. The van der Waals surface area contributed by atoms with Crippen molar-refractivity contribution in [1.29, 1.82) is 0 Å². The van der Waals surface area contributed by atoms with Gasteiger partial charge in [0, 0.05) is 46.0 Å². The zero-order valence-electron chi connectivity index (χ0n) is 17.8. The van der Waals surface area contributed by atoms with Crippen LogP contribution in [0.15, 0.2) is 79.1 Å². The van der Waals surface area contributed by atoms with Crippen LogP contribution in [-0.4, -0.2) is 19.6 Å². The molecule has 170 valence electrons. The summed E-state index contributed by atoms with van der Waals surface area (Å²) in [6, 6.07) is 19.7. The Hall–Kier alpha value is -2.60. The van der Waals surface area contributed by atoms with Crippen LogP contribution in [-0.2, 0) is 12.6 Å². The molecule has 0 aliphatic heterocycles. The SMILES string of the molecule is Cn1ccnc1C(O)(c1ccc(Cl)cc1)c1ccc2nc(Cl)c(-c3ccccc3Cl)c(Cl)c2c1. The molecule has 1 atom stereocenters. The van der Waals surface area contributed by atoms with E-state index in [9.17, 15) is 5.11 Å². The second-order valence-electron chi connectivity index (χ2n) is 7.88. The van der Waals surface area contributed by atoms with E-state index in [-0.39, 0.29) is 5.15 Å². The zero-order chi connectivity index (χ0) is 24.0. The number of hydrogen-bond donors (Lipinski definition) is 1. The second kappa shape index (κ2) is 8.88. The van der Waals surface area contributed by atoms with Gasteiger partial charge in [-0.1, -0.05) is 82.8 Å². The molecule has 2 heterocycles. The number of aliphatic hydroxyl groups is 1. The summed E-state index contributed by atoms with van der Waals surface area (Å²) >= 11 is 26.0. The number of pyridine rings is 1. The normalized spacial score (nSPS) is 13.2. The van der Waals surface area contributed by atoms with Crippen LogP contribution in [0.2, 0.25) is 20.2 Å². The van der Waals surface area contributed by atoms with Crippen molar-refractivity contribution in [3.63, 3.8) is 0 Å². The average molecular weight is 529 g/mol. The highest BCUT2D eigenvalue weighted by molar-refractivity contribution is 6.43. The maximum atomic E-state index is 12.2. The lowest BCUT2D eigenvalue weighted by molar-refractivity contribution is 0.112. The van der Waals surface area contributed by atoms with E-state index in [1.54, 1.807) is 59.4 Å². The van der Waals surface area contributed by atoms with Crippen molar-refractivity contribution in [2.75, 3.05) is 0 Å². The van der Waals surface area contributed by atoms with Gasteiger partial charge in [-0.3, -0.25) is 0 Å². The monoisotopic (exact) mass is 527 g/mol. The largest absolute Gasteiger partial charge is 0.373 e. The smallest absolute Gasteiger partial charge is 0.173 e. The van der Waals surface area contributed by atoms with E-state index in [0.717, 1.165) is 0 Å². The van der Waals surface area contributed by atoms with Gasteiger partial charge < -0.3 is 9.67 Å². The van der Waals surface area contributed by atoms with Gasteiger partial charge in [-0.15, -0.1) is 0 Å². The predicted octanol–water partition coefficient (Wildman–Crippen LogP) is 7.53. The van der Waals surface area contributed by atoms with Gasteiger partial charge in [0.2, 0.25) is 0 Å². The molecule has 0 saturated heterocycles. The summed E-state index contributed by atoms with van der Waals surface area (Å²) < 4.78 is 1.77. The maximum Gasteiger partial charge on any atom is 0.173 e. The minimum absolute atomic E-state index is 0.246. The number of aryl methyl sites for hydroxylation is 1. The minimum Gasteiger partial charge on any atom is -0.373 e. The number of hydrogen-bond acceptors (Lipinski definition) is 3. The molecule has 0 spiro atoms. The van der Waals surface area contributed by atoms with Crippen molar-refractivity contribution >= 4 is 57.3 Å². The van der Waals surface area contributed by atoms with Gasteiger partial charge in [0.1, 0.15) is 11.0 Å². The minimum atomic E-state index is -1.58. The first-order valence-electron chi connectivity index (χ1n) is 10.3. The van der Waals surface area contributed by atoms with Crippen molar-refractivity contribution < 1.29 is 5.11 Å². The van der Waals surface area contributed by atoms with Gasteiger partial charge >= 0.3 is 0 Å². The highest BCUT2D eigenvalue weighted by Gasteiger charge is 2.38. The van der Waals surface area contributed by atoms with Gasteiger partial charge in [-0.25, -0.2) is 9.97 Å². The first kappa shape index (κ1) is 23.2. The van der Waals surface area contributed by atoms with Crippen molar-refractivity contribution in [1.82, 2.24) is 14.5 Å². The lowest BCUT2D eigenvalue weighted by Gasteiger charge is -2.29. The molecule has 4 nitrogen and oxygen atoms in total. The number of halogens is 4. The van der Waals surface area contributed by atoms with Crippen molar-refractivity contribution in [2.24, 2.45) is 7.05 Å². The fourth-order valence-electron chi connectivity index (χ4n) is 4.14. The molecule has 1 N–H and O–H groups in total. The molecule has 34 heavy (non-hydrogen) atoms. The van der Waals surface area contributed by atoms with E-state index in [1.807, 2.05) is 31.3 Å². The van der Waals surface area contributed by atoms with Crippen LogP contribution in [0.1, 0.15) is 17.0 Å². The van der Waals surface area contributed by atoms with E-state index >= 15 is 0 Å². The van der Waals surface area contributed by atoms with Crippen LogP contribution in [0.5, 0.6) is 0 Å². The third-order valence-corrected chi connectivity index (χ3v) is 7.09. The number of benzene rings is 3. The summed E-state index contributed by atoms with van der Waals surface area (Å²) in [5, 5.41) is 14.5. The second-order valence-corrected chi connectivity index (χ2v) is 9.46. The Morgan fingerprint density at radius 3 is 2.26 bits per heavy atom. The van der Waals surface area contributed by atoms with Crippen LogP contribution in [0.25, 0.3) is 22.0 Å². The van der Waals surface area contributed by atoms with E-state index in [2.05, 4.69) is 9.97 Å². The Labute approximate surface area is 216 Å². The predicted molar refractivity (Wildman–Crippen MR) is 139 cm³/mol. The molecule has 0 fully saturated rings. The topological polar surface area (TPSA) is 50.9 Å². The summed E-state index contributed by atoms with van der Waals surface area (Å²) in [5.74, 6) is 0.443. The molecule has 8 heteroatoms. The standard InChI is InChI=1S/C26H17Cl4N3O/c1-33-13-12-31-25(33)26(34,15-6-9-17(27)10-7-15)16-8-11-21-19(14-16)23(29)22(24(30)32-21)18-4-2-3-5-20(18)28/h2-14,34H,1H3. The molecule has 2 aromatic heterocycles. The molecule has 0 aliphatic rings. The van der Waals surface area contributed by atoms with E-state index in [0.29, 0.717) is 54.0 Å². The van der Waals surface area contributed by atoms with Gasteiger partial charge in [-0.2, -0.15) is 0 Å². The molecule has 5 rings (SSSR count). The van der Waals surface area contributed by atoms with Crippen LogP contribution in [0, 0.1) is 0 Å². The summed E-state index contributed by atoms with van der Waals surface area (Å²) in [6.45, 7) is 0. The highest BCUT2D eigenvalue weighted by Crippen LogP contribution is 2.43. The fourth-order valence-corrected chi connectivity index (χ4v) is 5.18. The van der Waals surface area contributed by atoms with Gasteiger partial charge in [0.25, 0.3) is 0 Å². The van der Waals surface area contributed by atoms with Gasteiger partial charge in [0.15, 0.2) is 5.60 Å². The van der Waals surface area contributed by atoms with Crippen molar-refractivity contribution in [3.8, 4) is 11.1 Å². The summed E-state index contributed by atoms with van der Waals surface area (Å²) in [5.41, 5.74) is 1.39. The third kappa shape index (κ3) is 3.76. The highest BCUT2D eigenvalue weighted by atomic mass is 35.5. The van der Waals surface area contributed by atoms with Crippen LogP contribution >= 0.6 is 46.4 Å². The average Bonchev–Trinajstić information content (AvgIpc) is 3.26. The first-order valence-corrected chi connectivity index (χ1v) is 11.8. The number of nitrogens with zero attached hydrogens (tertiary/aromatic N) is 3. The number of imidazole rings is 1. The molecule has 0 radical (unpaired) electrons. The first-order chi connectivity index (χ1) is 16.3. The van der Waals surface area contributed by atoms with E-state index in [1.165, 1.54) is 0 Å². The zero-order valence-corrected chi connectivity index (χ0v) is 20.8. The Balaban J connectivity index is 1.79. The summed E-state index contributed by atoms with van der Waals surface area (Å²) in [7, 11) is 1.83. The lowest BCUT2D eigenvalue weighted by atomic mass is 9.84. The van der Waals surface area contributed by atoms with Crippen LogP contribution < -0.4 is 0 Å². The molecular weight excluding hydrogens is 512 g/mol. The van der Waals surface area contributed by atoms with Crippen molar-refractivity contribution in [3.05, 3.63) is 116 Å². The number of aromatic nitrogens is 3. The number of fused-ring (bicyclic) bond motifs is 1. The summed E-state index contributed by atoms with van der Waals surface area (Å²) in [6.07, 6.45) is 3.42. The van der Waals surface area contributed by atoms with Crippen molar-refractivity contribution in [2.45, 2.75) is 5.60 Å². The van der Waals surface area contributed by atoms with Crippen LogP contribution in [0.3, 0.4) is 0 Å². The van der Waals surface area contributed by atoms with E-state index in [4.69, 9.17) is 46.4 Å². The quantitative estimate of drug-likeness (QED) is 0.245. The Morgan fingerprint density at radius 1 is 0.882 bits per heavy atom. The van der Waals surface area contributed by atoms with Gasteiger partial charge in [-0.05, 0) is 41.5 Å². The maximum absolute atomic E-state index is 12.2. The van der Waals surface area contributed by atoms with E-state index < -0.39 is 5.60 Å². The Morgan fingerprint density at radius 2 is 1.59 bits per heavy atom. The summed E-state index contributed by atoms with van der Waals surface area (Å²) in [4.78, 5) is 8.99. The molecular formula is C26H17Cl4N3O. The fraction of sp³-hybridized carbons (Fsp3) is 0.0769. The van der Waals surface area contributed by atoms with Gasteiger partial charge in [0.05, 0.1) is 10.5 Å². The molecule has 0 aliphatic carbocycles. The molecule has 0 amide bonds. The lowest BCUT2D eigenvalue weighted by Crippen LogP contribution is -2.32. The van der Waals surface area contributed by atoms with Crippen LogP contribution in [0.4, 0.5) is 0 Å². The molecule has 3 aromatic carbocycles. The molecule has 1 unspecified atom stereocenters. The number of rotatable bonds is 4. The molecule has 0 bridgehead atoms. The third-order valence-electron chi connectivity index (χ3n) is 5.85. The Kier molecular flexibility index (Phi) is 6.05. The molecule has 5 aromatic rings.